The molecule has 0 aromatic carbocycles. The molecule has 2 aliphatic carbocycles. The molecule has 1 saturated heterocycles. The van der Waals surface area contributed by atoms with E-state index >= 15 is 0 Å². The zero-order valence-electron chi connectivity index (χ0n) is 14.5. The van der Waals surface area contributed by atoms with Crippen LogP contribution in [0, 0.1) is 17.8 Å². The molecule has 0 aromatic heterocycles. The Morgan fingerprint density at radius 3 is 2.35 bits per heavy atom. The molecule has 23 heavy (non-hydrogen) atoms. The van der Waals surface area contributed by atoms with Crippen LogP contribution in [0.3, 0.4) is 0 Å². The van der Waals surface area contributed by atoms with Crippen molar-refractivity contribution in [3.8, 4) is 0 Å². The highest BCUT2D eigenvalue weighted by atomic mass is 16.2. The third-order valence-electron chi connectivity index (χ3n) is 6.40. The smallest absolute Gasteiger partial charge is 0.245 e. The molecule has 0 aromatic rings. The number of hydrogen-bond acceptors (Lipinski definition) is 3. The van der Waals surface area contributed by atoms with Crippen LogP contribution < -0.4 is 10.6 Å². The number of likely N-dealkylation sites (tertiary alicyclic amines) is 1. The van der Waals surface area contributed by atoms with Gasteiger partial charge in [-0.1, -0.05) is 25.7 Å². The first-order valence-corrected chi connectivity index (χ1v) is 9.34. The number of amides is 2. The van der Waals surface area contributed by atoms with Gasteiger partial charge in [-0.3, -0.25) is 9.59 Å². The Labute approximate surface area is 139 Å². The Morgan fingerprint density at radius 2 is 1.65 bits per heavy atom. The summed E-state index contributed by atoms with van der Waals surface area (Å²) in [7, 11) is 3.72. The lowest BCUT2D eigenvalue weighted by molar-refractivity contribution is -0.138. The zero-order chi connectivity index (χ0) is 16.4. The van der Waals surface area contributed by atoms with Crippen molar-refractivity contribution in [3.63, 3.8) is 0 Å². The van der Waals surface area contributed by atoms with Gasteiger partial charge in [0, 0.05) is 13.1 Å². The third kappa shape index (κ3) is 3.25. The molecule has 1 aliphatic heterocycles. The fraction of sp³-hybridized carbons (Fsp3) is 0.889. The van der Waals surface area contributed by atoms with Gasteiger partial charge in [0.05, 0.1) is 6.54 Å². The Bertz CT molecular complexity index is 454. The first-order chi connectivity index (χ1) is 11.1. The highest BCUT2D eigenvalue weighted by molar-refractivity contribution is 5.89. The van der Waals surface area contributed by atoms with E-state index in [9.17, 15) is 9.59 Å². The summed E-state index contributed by atoms with van der Waals surface area (Å²) < 4.78 is 0. The van der Waals surface area contributed by atoms with E-state index in [1.165, 1.54) is 38.5 Å². The number of carbonyl (C=O) groups excluding carboxylic acids is 2. The number of rotatable bonds is 3. The van der Waals surface area contributed by atoms with Crippen molar-refractivity contribution in [2.24, 2.45) is 17.8 Å². The summed E-state index contributed by atoms with van der Waals surface area (Å²) >= 11 is 0. The monoisotopic (exact) mass is 321 g/mol. The SMILES string of the molecule is CNCC(=O)NC1C(=O)N(C)C2CCCCC2C2CCCCC12. The average Bonchev–Trinajstić information content (AvgIpc) is 2.66. The van der Waals surface area contributed by atoms with Gasteiger partial charge in [0.25, 0.3) is 0 Å². The highest BCUT2D eigenvalue weighted by Gasteiger charge is 2.48. The van der Waals surface area contributed by atoms with E-state index < -0.39 is 0 Å². The summed E-state index contributed by atoms with van der Waals surface area (Å²) in [6.45, 7) is 0.276. The van der Waals surface area contributed by atoms with Gasteiger partial charge in [-0.05, 0) is 50.5 Å². The summed E-state index contributed by atoms with van der Waals surface area (Å²) in [5.74, 6) is 1.64. The normalized spacial score (nSPS) is 37.6. The number of nitrogens with zero attached hydrogens (tertiary/aromatic N) is 1. The molecule has 3 aliphatic rings. The molecule has 2 N–H and O–H groups in total. The largest absolute Gasteiger partial charge is 0.343 e. The average molecular weight is 321 g/mol. The Morgan fingerprint density at radius 1 is 1.04 bits per heavy atom. The first kappa shape index (κ1) is 16.7. The van der Waals surface area contributed by atoms with Crippen molar-refractivity contribution in [1.29, 1.82) is 0 Å². The van der Waals surface area contributed by atoms with Crippen LogP contribution >= 0.6 is 0 Å². The topological polar surface area (TPSA) is 61.4 Å². The number of hydrogen-bond donors (Lipinski definition) is 2. The summed E-state index contributed by atoms with van der Waals surface area (Å²) in [5, 5.41) is 5.94. The van der Waals surface area contributed by atoms with Crippen molar-refractivity contribution < 1.29 is 9.59 Å². The molecule has 5 atom stereocenters. The maximum atomic E-state index is 13.1. The second kappa shape index (κ2) is 7.20. The molecule has 130 valence electrons. The standard InChI is InChI=1S/C18H31N3O2/c1-19-11-16(22)20-17-14-9-4-3-7-12(14)13-8-5-6-10-15(13)21(2)18(17)23/h12-15,17,19H,3-11H2,1-2H3,(H,20,22). The predicted octanol–water partition coefficient (Wildman–Crippen LogP) is 1.53. The van der Waals surface area contributed by atoms with Crippen molar-refractivity contribution in [1.82, 2.24) is 15.5 Å². The Hall–Kier alpha value is -1.10. The molecule has 0 spiro atoms. The molecule has 0 bridgehead atoms. The van der Waals surface area contributed by atoms with Crippen LogP contribution in [0.25, 0.3) is 0 Å². The molecular formula is C18H31N3O2. The molecule has 3 rings (SSSR count). The van der Waals surface area contributed by atoms with Crippen molar-refractivity contribution in [2.75, 3.05) is 20.6 Å². The van der Waals surface area contributed by atoms with Crippen LogP contribution in [0.15, 0.2) is 0 Å². The summed E-state index contributed by atoms with van der Waals surface area (Å²) in [4.78, 5) is 27.2. The molecule has 2 amide bonds. The quantitative estimate of drug-likeness (QED) is 0.829. The van der Waals surface area contributed by atoms with Crippen LogP contribution in [0.5, 0.6) is 0 Å². The van der Waals surface area contributed by atoms with E-state index in [-0.39, 0.29) is 24.4 Å². The van der Waals surface area contributed by atoms with Gasteiger partial charge in [0.2, 0.25) is 11.8 Å². The third-order valence-corrected chi connectivity index (χ3v) is 6.40. The van der Waals surface area contributed by atoms with E-state index in [4.69, 9.17) is 0 Å². The van der Waals surface area contributed by atoms with E-state index in [0.29, 0.717) is 23.8 Å². The van der Waals surface area contributed by atoms with Gasteiger partial charge in [0.15, 0.2) is 0 Å². The minimum absolute atomic E-state index is 0.0616. The van der Waals surface area contributed by atoms with Gasteiger partial charge in [-0.2, -0.15) is 0 Å². The van der Waals surface area contributed by atoms with Crippen molar-refractivity contribution in [2.45, 2.75) is 63.5 Å². The zero-order valence-corrected chi connectivity index (χ0v) is 14.5. The van der Waals surface area contributed by atoms with Crippen LogP contribution in [0.4, 0.5) is 0 Å². The van der Waals surface area contributed by atoms with Crippen LogP contribution in [-0.2, 0) is 9.59 Å². The van der Waals surface area contributed by atoms with Crippen molar-refractivity contribution in [3.05, 3.63) is 0 Å². The van der Waals surface area contributed by atoms with Crippen molar-refractivity contribution >= 4 is 11.8 Å². The second-order valence-electron chi connectivity index (χ2n) is 7.65. The molecule has 0 radical (unpaired) electrons. The molecule has 5 heteroatoms. The van der Waals surface area contributed by atoms with E-state index in [2.05, 4.69) is 10.6 Å². The minimum atomic E-state index is -0.322. The summed E-state index contributed by atoms with van der Waals surface area (Å²) in [5.41, 5.74) is 0. The van der Waals surface area contributed by atoms with Gasteiger partial charge in [-0.25, -0.2) is 0 Å². The van der Waals surface area contributed by atoms with E-state index in [1.807, 2.05) is 11.9 Å². The van der Waals surface area contributed by atoms with Crippen LogP contribution in [0.2, 0.25) is 0 Å². The van der Waals surface area contributed by atoms with Gasteiger partial charge < -0.3 is 15.5 Å². The summed E-state index contributed by atoms with van der Waals surface area (Å²) in [6.07, 6.45) is 9.68. The molecule has 3 fully saturated rings. The lowest BCUT2D eigenvalue weighted by atomic mass is 9.65. The molecule has 5 unspecified atom stereocenters. The maximum absolute atomic E-state index is 13.1. The fourth-order valence-corrected chi connectivity index (χ4v) is 5.37. The number of nitrogens with one attached hydrogen (secondary N) is 2. The first-order valence-electron chi connectivity index (χ1n) is 9.34. The lowest BCUT2D eigenvalue weighted by Gasteiger charge is -2.42. The predicted molar refractivity (Wildman–Crippen MR) is 89.8 cm³/mol. The summed E-state index contributed by atoms with van der Waals surface area (Å²) in [6, 6.07) is 0.0600. The number of carbonyl (C=O) groups is 2. The molecule has 2 saturated carbocycles. The Kier molecular flexibility index (Phi) is 5.24. The minimum Gasteiger partial charge on any atom is -0.343 e. The lowest BCUT2D eigenvalue weighted by Crippen LogP contribution is -2.53. The van der Waals surface area contributed by atoms with Gasteiger partial charge >= 0.3 is 0 Å². The fourth-order valence-electron chi connectivity index (χ4n) is 5.37. The van der Waals surface area contributed by atoms with Crippen LogP contribution in [0.1, 0.15) is 51.4 Å². The highest BCUT2D eigenvalue weighted by Crippen LogP contribution is 2.46. The van der Waals surface area contributed by atoms with Gasteiger partial charge in [-0.15, -0.1) is 0 Å². The van der Waals surface area contributed by atoms with Crippen LogP contribution in [-0.4, -0.2) is 49.4 Å². The molecule has 5 nitrogen and oxygen atoms in total. The number of fused-ring (bicyclic) bond motifs is 3. The second-order valence-corrected chi connectivity index (χ2v) is 7.65. The Balaban J connectivity index is 1.88. The van der Waals surface area contributed by atoms with Gasteiger partial charge in [0.1, 0.15) is 6.04 Å². The maximum Gasteiger partial charge on any atom is 0.245 e. The molecular weight excluding hydrogens is 290 g/mol. The van der Waals surface area contributed by atoms with E-state index in [0.717, 1.165) is 12.8 Å². The molecule has 1 heterocycles. The number of likely N-dealkylation sites (N-methyl/N-ethyl adjacent to an activating group) is 2. The van der Waals surface area contributed by atoms with E-state index in [1.54, 1.807) is 7.05 Å².